The molecule has 5 aromatic rings. The van der Waals surface area contributed by atoms with Crippen molar-refractivity contribution < 1.29 is 17.7 Å². The average molecular weight is 463 g/mol. The SMILES string of the molecule is O=c1[nH]c2ccccc2nc1-c1ccccc1NCc1noc(-c2cccc(C(F)(F)F)c2)n1. The summed E-state index contributed by atoms with van der Waals surface area (Å²) in [4.78, 5) is 24.2. The van der Waals surface area contributed by atoms with Gasteiger partial charge in [-0.25, -0.2) is 4.98 Å². The van der Waals surface area contributed by atoms with E-state index in [2.05, 4.69) is 25.4 Å². The molecule has 0 aliphatic carbocycles. The molecule has 0 saturated carbocycles. The number of fused-ring (bicyclic) bond motifs is 1. The highest BCUT2D eigenvalue weighted by atomic mass is 19.4. The topological polar surface area (TPSA) is 96.7 Å². The molecule has 2 aromatic heterocycles. The summed E-state index contributed by atoms with van der Waals surface area (Å²) in [7, 11) is 0. The summed E-state index contributed by atoms with van der Waals surface area (Å²) in [6.07, 6.45) is -4.47. The van der Waals surface area contributed by atoms with Crippen molar-refractivity contribution in [3.8, 4) is 22.7 Å². The van der Waals surface area contributed by atoms with Gasteiger partial charge in [-0.3, -0.25) is 4.79 Å². The standard InChI is InChI=1S/C24H16F3N5O2/c25-24(26,27)15-7-5-6-14(12-15)23-31-20(32-34-23)13-28-17-9-2-1-8-16(17)21-22(33)30-19-11-4-3-10-18(19)29-21/h1-12,28H,13H2,(H,30,33). The normalized spacial score (nSPS) is 11.6. The van der Waals surface area contributed by atoms with Crippen molar-refractivity contribution in [3.05, 3.63) is 94.5 Å². The van der Waals surface area contributed by atoms with Crippen LogP contribution in [0.1, 0.15) is 11.4 Å². The third-order valence-electron chi connectivity index (χ3n) is 5.12. The van der Waals surface area contributed by atoms with Crippen molar-refractivity contribution in [1.82, 2.24) is 20.1 Å². The average Bonchev–Trinajstić information content (AvgIpc) is 3.31. The first-order valence-electron chi connectivity index (χ1n) is 10.2. The third-order valence-corrected chi connectivity index (χ3v) is 5.12. The van der Waals surface area contributed by atoms with Crippen LogP contribution in [0.2, 0.25) is 0 Å². The summed E-state index contributed by atoms with van der Waals surface area (Å²) < 4.78 is 44.1. The van der Waals surface area contributed by atoms with Crippen LogP contribution < -0.4 is 10.9 Å². The van der Waals surface area contributed by atoms with E-state index in [4.69, 9.17) is 4.52 Å². The van der Waals surface area contributed by atoms with Gasteiger partial charge >= 0.3 is 6.18 Å². The highest BCUT2D eigenvalue weighted by Gasteiger charge is 2.30. The second kappa shape index (κ2) is 8.47. The van der Waals surface area contributed by atoms with Crippen LogP contribution in [0.4, 0.5) is 18.9 Å². The second-order valence-electron chi connectivity index (χ2n) is 7.43. The minimum absolute atomic E-state index is 0.0242. The molecule has 0 amide bonds. The van der Waals surface area contributed by atoms with Gasteiger partial charge < -0.3 is 14.8 Å². The first-order chi connectivity index (χ1) is 16.4. The summed E-state index contributed by atoms with van der Waals surface area (Å²) in [6, 6.07) is 19.0. The molecule has 0 aliphatic heterocycles. The highest BCUT2D eigenvalue weighted by Crippen LogP contribution is 2.32. The van der Waals surface area contributed by atoms with E-state index in [1.165, 1.54) is 12.1 Å². The Morgan fingerprint density at radius 2 is 1.74 bits per heavy atom. The quantitative estimate of drug-likeness (QED) is 0.369. The van der Waals surface area contributed by atoms with Crippen LogP contribution in [0.5, 0.6) is 0 Å². The number of alkyl halides is 3. The lowest BCUT2D eigenvalue weighted by Crippen LogP contribution is -2.13. The van der Waals surface area contributed by atoms with Crippen molar-refractivity contribution in [2.75, 3.05) is 5.32 Å². The lowest BCUT2D eigenvalue weighted by molar-refractivity contribution is -0.137. The minimum Gasteiger partial charge on any atom is -0.377 e. The number of hydrogen-bond donors (Lipinski definition) is 2. The molecule has 0 fully saturated rings. The number of hydrogen-bond acceptors (Lipinski definition) is 6. The Morgan fingerprint density at radius 1 is 0.941 bits per heavy atom. The minimum atomic E-state index is -4.47. The Kier molecular flexibility index (Phi) is 5.33. The van der Waals surface area contributed by atoms with Crippen molar-refractivity contribution >= 4 is 16.7 Å². The summed E-state index contributed by atoms with van der Waals surface area (Å²) in [6.45, 7) is 0.116. The molecular formula is C24H16F3N5O2. The Balaban J connectivity index is 1.40. The van der Waals surface area contributed by atoms with E-state index in [1.807, 2.05) is 12.1 Å². The first-order valence-corrected chi connectivity index (χ1v) is 10.2. The number of para-hydroxylation sites is 3. The van der Waals surface area contributed by atoms with Crippen LogP contribution in [0.15, 0.2) is 82.1 Å². The maximum absolute atomic E-state index is 13.0. The molecular weight excluding hydrogens is 447 g/mol. The molecule has 34 heavy (non-hydrogen) atoms. The molecule has 2 heterocycles. The number of benzene rings is 3. The predicted molar refractivity (Wildman–Crippen MR) is 120 cm³/mol. The number of nitrogens with zero attached hydrogens (tertiary/aromatic N) is 3. The molecule has 0 unspecified atom stereocenters. The van der Waals surface area contributed by atoms with Gasteiger partial charge in [0.25, 0.3) is 11.4 Å². The Morgan fingerprint density at radius 3 is 2.59 bits per heavy atom. The summed E-state index contributed by atoms with van der Waals surface area (Å²) in [5.74, 6) is 0.214. The van der Waals surface area contributed by atoms with E-state index < -0.39 is 11.7 Å². The van der Waals surface area contributed by atoms with E-state index in [0.29, 0.717) is 22.3 Å². The molecule has 0 bridgehead atoms. The van der Waals surface area contributed by atoms with Gasteiger partial charge in [0.1, 0.15) is 5.69 Å². The largest absolute Gasteiger partial charge is 0.416 e. The summed E-state index contributed by atoms with van der Waals surface area (Å²) in [5, 5.41) is 6.99. The lowest BCUT2D eigenvalue weighted by Gasteiger charge is -2.10. The fraction of sp³-hybridized carbons (Fsp3) is 0.0833. The van der Waals surface area contributed by atoms with E-state index in [0.717, 1.165) is 12.1 Å². The van der Waals surface area contributed by atoms with Crippen LogP contribution in [0, 0.1) is 0 Å². The van der Waals surface area contributed by atoms with E-state index in [1.54, 1.807) is 36.4 Å². The zero-order chi connectivity index (χ0) is 23.7. The molecule has 0 atom stereocenters. The molecule has 0 aliphatic rings. The number of H-pyrrole nitrogens is 1. The molecule has 0 radical (unpaired) electrons. The van der Waals surface area contributed by atoms with Gasteiger partial charge in [0, 0.05) is 16.8 Å². The van der Waals surface area contributed by atoms with Crippen LogP contribution in [-0.4, -0.2) is 20.1 Å². The smallest absolute Gasteiger partial charge is 0.377 e. The number of aromatic nitrogens is 4. The maximum atomic E-state index is 13.0. The van der Waals surface area contributed by atoms with Gasteiger partial charge in [-0.15, -0.1) is 0 Å². The van der Waals surface area contributed by atoms with Crippen molar-refractivity contribution in [2.24, 2.45) is 0 Å². The number of halogens is 3. The van der Waals surface area contributed by atoms with Crippen molar-refractivity contribution in [3.63, 3.8) is 0 Å². The van der Waals surface area contributed by atoms with Crippen molar-refractivity contribution in [2.45, 2.75) is 12.7 Å². The molecule has 7 nitrogen and oxygen atoms in total. The second-order valence-corrected chi connectivity index (χ2v) is 7.43. The van der Waals surface area contributed by atoms with E-state index >= 15 is 0 Å². The van der Waals surface area contributed by atoms with Gasteiger partial charge in [0.15, 0.2) is 5.82 Å². The van der Waals surface area contributed by atoms with Gasteiger partial charge in [-0.1, -0.05) is 41.6 Å². The molecule has 3 aromatic carbocycles. The zero-order valence-corrected chi connectivity index (χ0v) is 17.4. The lowest BCUT2D eigenvalue weighted by atomic mass is 10.1. The third kappa shape index (κ3) is 4.25. The summed E-state index contributed by atoms with van der Waals surface area (Å²) in [5.41, 5.74) is 1.76. The zero-order valence-electron chi connectivity index (χ0n) is 17.4. The molecule has 10 heteroatoms. The van der Waals surface area contributed by atoms with Crippen LogP contribution in [-0.2, 0) is 12.7 Å². The number of anilines is 1. The predicted octanol–water partition coefficient (Wildman–Crippen LogP) is 5.27. The highest BCUT2D eigenvalue weighted by molar-refractivity contribution is 5.81. The van der Waals surface area contributed by atoms with Crippen LogP contribution >= 0.6 is 0 Å². The van der Waals surface area contributed by atoms with Gasteiger partial charge in [0.2, 0.25) is 0 Å². The van der Waals surface area contributed by atoms with Crippen molar-refractivity contribution in [1.29, 1.82) is 0 Å². The molecule has 0 spiro atoms. The Labute approximate surface area is 190 Å². The molecule has 5 rings (SSSR count). The van der Waals surface area contributed by atoms with Gasteiger partial charge in [-0.2, -0.15) is 18.2 Å². The fourth-order valence-electron chi connectivity index (χ4n) is 3.50. The summed E-state index contributed by atoms with van der Waals surface area (Å²) >= 11 is 0. The Hall–Kier alpha value is -4.47. The molecule has 2 N–H and O–H groups in total. The van der Waals surface area contributed by atoms with Gasteiger partial charge in [-0.05, 0) is 36.4 Å². The first kappa shape index (κ1) is 21.4. The monoisotopic (exact) mass is 463 g/mol. The van der Waals surface area contributed by atoms with Crippen LogP contribution in [0.25, 0.3) is 33.7 Å². The van der Waals surface area contributed by atoms with Crippen LogP contribution in [0.3, 0.4) is 0 Å². The van der Waals surface area contributed by atoms with E-state index in [9.17, 15) is 18.0 Å². The van der Waals surface area contributed by atoms with E-state index in [-0.39, 0.29) is 35.1 Å². The number of rotatable bonds is 5. The number of nitrogens with one attached hydrogen (secondary N) is 2. The number of aromatic amines is 1. The maximum Gasteiger partial charge on any atom is 0.416 e. The fourth-order valence-corrected chi connectivity index (χ4v) is 3.50. The van der Waals surface area contributed by atoms with Gasteiger partial charge in [0.05, 0.1) is 23.1 Å². The Bertz CT molecular complexity index is 1540. The molecule has 0 saturated heterocycles. The molecule has 170 valence electrons.